The second-order valence-electron chi connectivity index (χ2n) is 3.95. The molecule has 1 aromatic rings. The molecule has 0 saturated heterocycles. The van der Waals surface area contributed by atoms with E-state index in [1.165, 1.54) is 13.0 Å². The molecule has 1 atom stereocenters. The lowest BCUT2D eigenvalue weighted by Gasteiger charge is -2.15. The second-order valence-corrected chi connectivity index (χ2v) is 4.87. The first-order valence-electron chi connectivity index (χ1n) is 5.35. The van der Waals surface area contributed by atoms with Gasteiger partial charge in [-0.05, 0) is 30.2 Å². The zero-order chi connectivity index (χ0) is 15.5. The van der Waals surface area contributed by atoms with Gasteiger partial charge in [0.05, 0.1) is 11.2 Å². The third-order valence-electron chi connectivity index (χ3n) is 2.32. The Morgan fingerprint density at radius 2 is 2.00 bits per heavy atom. The molecule has 110 valence electrons. The maximum absolute atomic E-state index is 12.1. The molecule has 0 bridgehead atoms. The zero-order valence-electron chi connectivity index (χ0n) is 10.2. The molecule has 0 aliphatic carbocycles. The summed E-state index contributed by atoms with van der Waals surface area (Å²) in [4.78, 5) is 21.1. The number of ketones is 1. The van der Waals surface area contributed by atoms with Crippen LogP contribution in [0.15, 0.2) is 18.2 Å². The Hall–Kier alpha value is -1.57. The standard InChI is InChI=1S/C12H10BrF3O4/c1-6(17)11(13)9-5-8(20-12(14,15)16)3-2-7(9)4-10(18)19/h2-3,5,11H,4H2,1H3,(H,18,19). The largest absolute Gasteiger partial charge is 0.573 e. The third kappa shape index (κ3) is 4.84. The van der Waals surface area contributed by atoms with Crippen molar-refractivity contribution in [2.24, 2.45) is 0 Å². The van der Waals surface area contributed by atoms with Gasteiger partial charge in [-0.2, -0.15) is 0 Å². The number of Topliss-reactive ketones (excluding diaryl/α,β-unsaturated/α-hetero) is 1. The van der Waals surface area contributed by atoms with Crippen molar-refractivity contribution in [2.45, 2.75) is 24.5 Å². The van der Waals surface area contributed by atoms with Gasteiger partial charge in [0.1, 0.15) is 11.5 Å². The van der Waals surface area contributed by atoms with Crippen molar-refractivity contribution in [3.63, 3.8) is 0 Å². The summed E-state index contributed by atoms with van der Waals surface area (Å²) in [6, 6.07) is 3.21. The average Bonchev–Trinajstić information content (AvgIpc) is 2.27. The van der Waals surface area contributed by atoms with Crippen molar-refractivity contribution < 1.29 is 32.6 Å². The van der Waals surface area contributed by atoms with Gasteiger partial charge < -0.3 is 9.84 Å². The molecule has 0 aliphatic rings. The minimum absolute atomic E-state index is 0.140. The first kappa shape index (κ1) is 16.5. The van der Waals surface area contributed by atoms with Crippen LogP contribution in [0, 0.1) is 0 Å². The van der Waals surface area contributed by atoms with Crippen LogP contribution in [0.4, 0.5) is 13.2 Å². The number of carbonyl (C=O) groups is 2. The summed E-state index contributed by atoms with van der Waals surface area (Å²) in [6.07, 6.45) is -5.26. The van der Waals surface area contributed by atoms with Crippen molar-refractivity contribution in [2.75, 3.05) is 0 Å². The van der Waals surface area contributed by atoms with E-state index in [1.807, 2.05) is 0 Å². The molecule has 0 heterocycles. The molecule has 0 fully saturated rings. The number of hydrogen-bond acceptors (Lipinski definition) is 3. The number of rotatable bonds is 5. The van der Waals surface area contributed by atoms with Gasteiger partial charge in [-0.15, -0.1) is 13.2 Å². The first-order valence-corrected chi connectivity index (χ1v) is 6.26. The van der Waals surface area contributed by atoms with Gasteiger partial charge >= 0.3 is 12.3 Å². The summed E-state index contributed by atoms with van der Waals surface area (Å²) in [5.41, 5.74) is 0.380. The molecule has 20 heavy (non-hydrogen) atoms. The van der Waals surface area contributed by atoms with E-state index in [1.54, 1.807) is 0 Å². The van der Waals surface area contributed by atoms with Gasteiger partial charge in [0.15, 0.2) is 0 Å². The summed E-state index contributed by atoms with van der Waals surface area (Å²) < 4.78 is 40.2. The SMILES string of the molecule is CC(=O)C(Br)c1cc(OC(F)(F)F)ccc1CC(=O)O. The van der Waals surface area contributed by atoms with Gasteiger partial charge in [0.25, 0.3) is 0 Å². The first-order chi connectivity index (χ1) is 9.10. The monoisotopic (exact) mass is 354 g/mol. The van der Waals surface area contributed by atoms with Crippen LogP contribution in [0.25, 0.3) is 0 Å². The number of halogens is 4. The molecular weight excluding hydrogens is 345 g/mol. The summed E-state index contributed by atoms with van der Waals surface area (Å²) in [5.74, 6) is -2.02. The zero-order valence-corrected chi connectivity index (χ0v) is 11.8. The van der Waals surface area contributed by atoms with E-state index in [4.69, 9.17) is 5.11 Å². The maximum Gasteiger partial charge on any atom is 0.573 e. The predicted molar refractivity (Wildman–Crippen MR) is 66.8 cm³/mol. The van der Waals surface area contributed by atoms with Crippen LogP contribution in [0.2, 0.25) is 0 Å². The maximum atomic E-state index is 12.1. The van der Waals surface area contributed by atoms with Crippen molar-refractivity contribution in [3.8, 4) is 5.75 Å². The van der Waals surface area contributed by atoms with E-state index in [0.717, 1.165) is 12.1 Å². The smallest absolute Gasteiger partial charge is 0.481 e. The van der Waals surface area contributed by atoms with Crippen LogP contribution >= 0.6 is 15.9 Å². The molecule has 4 nitrogen and oxygen atoms in total. The van der Waals surface area contributed by atoms with Crippen LogP contribution in [0.5, 0.6) is 5.75 Å². The molecule has 0 aromatic heterocycles. The van der Waals surface area contributed by atoms with E-state index in [0.29, 0.717) is 0 Å². The highest BCUT2D eigenvalue weighted by molar-refractivity contribution is 9.09. The number of aliphatic carboxylic acids is 1. The second kappa shape index (κ2) is 6.25. The Balaban J connectivity index is 3.21. The molecule has 0 aliphatic heterocycles. The fourth-order valence-corrected chi connectivity index (χ4v) is 1.98. The lowest BCUT2D eigenvalue weighted by molar-refractivity contribution is -0.274. The highest BCUT2D eigenvalue weighted by Crippen LogP contribution is 2.32. The molecule has 0 amide bonds. The highest BCUT2D eigenvalue weighted by Gasteiger charge is 2.31. The topological polar surface area (TPSA) is 63.6 Å². The summed E-state index contributed by atoms with van der Waals surface area (Å²) in [6.45, 7) is 1.24. The quantitative estimate of drug-likeness (QED) is 0.824. The van der Waals surface area contributed by atoms with Crippen LogP contribution in [-0.4, -0.2) is 23.2 Å². The van der Waals surface area contributed by atoms with Gasteiger partial charge in [0.2, 0.25) is 0 Å². The van der Waals surface area contributed by atoms with E-state index in [-0.39, 0.29) is 16.9 Å². The fraction of sp³-hybridized carbons (Fsp3) is 0.333. The molecule has 1 N–H and O–H groups in total. The molecule has 0 spiro atoms. The fourth-order valence-electron chi connectivity index (χ4n) is 1.55. The lowest BCUT2D eigenvalue weighted by Crippen LogP contribution is -2.18. The summed E-state index contributed by atoms with van der Waals surface area (Å²) in [7, 11) is 0. The minimum Gasteiger partial charge on any atom is -0.481 e. The average molecular weight is 355 g/mol. The number of benzene rings is 1. The van der Waals surface area contributed by atoms with E-state index >= 15 is 0 Å². The molecular formula is C12H10BrF3O4. The van der Waals surface area contributed by atoms with Crippen LogP contribution in [0.1, 0.15) is 22.9 Å². The Labute approximate surface area is 120 Å². The molecule has 1 aromatic carbocycles. The molecule has 1 rings (SSSR count). The van der Waals surface area contributed by atoms with Crippen molar-refractivity contribution in [3.05, 3.63) is 29.3 Å². The number of alkyl halides is 4. The summed E-state index contributed by atoms with van der Waals surface area (Å²) >= 11 is 3.03. The Bertz CT molecular complexity index is 528. The number of carbonyl (C=O) groups excluding carboxylic acids is 1. The normalized spacial score (nSPS) is 12.8. The predicted octanol–water partition coefficient (Wildman–Crippen LogP) is 3.24. The summed E-state index contributed by atoms with van der Waals surface area (Å²) in [5, 5.41) is 8.76. The number of carboxylic acid groups (broad SMARTS) is 1. The number of hydrogen-bond donors (Lipinski definition) is 1. The van der Waals surface area contributed by atoms with Gasteiger partial charge in [-0.25, -0.2) is 0 Å². The van der Waals surface area contributed by atoms with Crippen LogP contribution in [-0.2, 0) is 16.0 Å². The third-order valence-corrected chi connectivity index (χ3v) is 3.46. The van der Waals surface area contributed by atoms with Gasteiger partial charge in [0, 0.05) is 0 Å². The Morgan fingerprint density at radius 1 is 1.40 bits per heavy atom. The Kier molecular flexibility index (Phi) is 5.15. The Morgan fingerprint density at radius 3 is 2.45 bits per heavy atom. The molecule has 1 unspecified atom stereocenters. The van der Waals surface area contributed by atoms with Crippen molar-refractivity contribution in [1.29, 1.82) is 0 Å². The van der Waals surface area contributed by atoms with Crippen molar-refractivity contribution >= 4 is 27.7 Å². The molecule has 8 heteroatoms. The van der Waals surface area contributed by atoms with Gasteiger partial charge in [-0.3, -0.25) is 9.59 Å². The van der Waals surface area contributed by atoms with Crippen molar-refractivity contribution in [1.82, 2.24) is 0 Å². The molecule has 0 saturated carbocycles. The number of carboxylic acids is 1. The van der Waals surface area contributed by atoms with E-state index in [9.17, 15) is 22.8 Å². The van der Waals surface area contributed by atoms with E-state index < -0.39 is 29.3 Å². The molecule has 0 radical (unpaired) electrons. The van der Waals surface area contributed by atoms with Crippen LogP contribution in [0.3, 0.4) is 0 Å². The minimum atomic E-state index is -4.86. The number of ether oxygens (including phenoxy) is 1. The van der Waals surface area contributed by atoms with E-state index in [2.05, 4.69) is 20.7 Å². The lowest BCUT2D eigenvalue weighted by atomic mass is 10.00. The van der Waals surface area contributed by atoms with Gasteiger partial charge in [-0.1, -0.05) is 22.0 Å². The highest BCUT2D eigenvalue weighted by atomic mass is 79.9. The van der Waals surface area contributed by atoms with Crippen LogP contribution < -0.4 is 4.74 Å².